The number of fused-ring (bicyclic) bond motifs is 3. The zero-order valence-corrected chi connectivity index (χ0v) is 22.5. The van der Waals surface area contributed by atoms with E-state index in [1.54, 1.807) is 19.1 Å². The van der Waals surface area contributed by atoms with Crippen molar-refractivity contribution >= 4 is 23.2 Å². The van der Waals surface area contributed by atoms with Crippen molar-refractivity contribution in [1.29, 1.82) is 0 Å². The molecule has 11 nitrogen and oxygen atoms in total. The second-order valence-electron chi connectivity index (χ2n) is 10.8. The Bertz CT molecular complexity index is 1360. The Morgan fingerprint density at radius 1 is 1.21 bits per heavy atom. The third-order valence-corrected chi connectivity index (χ3v) is 8.43. The molecule has 210 valence electrons. The largest absolute Gasteiger partial charge is 0.508 e. The molecule has 1 amide bonds. The van der Waals surface area contributed by atoms with E-state index in [0.717, 1.165) is 5.57 Å². The van der Waals surface area contributed by atoms with Crippen LogP contribution in [-0.4, -0.2) is 86.3 Å². The van der Waals surface area contributed by atoms with Gasteiger partial charge in [-0.1, -0.05) is 30.7 Å². The third kappa shape index (κ3) is 3.99. The van der Waals surface area contributed by atoms with Crippen LogP contribution in [-0.2, 0) is 20.9 Å². The van der Waals surface area contributed by atoms with Crippen LogP contribution < -0.4 is 11.1 Å². The van der Waals surface area contributed by atoms with Crippen LogP contribution in [0.15, 0.2) is 40.7 Å². The van der Waals surface area contributed by atoms with Crippen molar-refractivity contribution in [3.63, 3.8) is 0 Å². The topological polar surface area (TPSA) is 194 Å². The number of aliphatic hydroxyl groups excluding tert-OH is 3. The second-order valence-corrected chi connectivity index (χ2v) is 10.8. The molecule has 8 N–H and O–H groups in total. The fourth-order valence-electron chi connectivity index (χ4n) is 6.30. The summed E-state index contributed by atoms with van der Waals surface area (Å²) in [5, 5.41) is 60.0. The summed E-state index contributed by atoms with van der Waals surface area (Å²) in [6.07, 6.45) is 0.330. The number of nitrogens with one attached hydrogen (secondary N) is 1. The second kappa shape index (κ2) is 9.91. The van der Waals surface area contributed by atoms with Gasteiger partial charge in [-0.3, -0.25) is 19.3 Å². The van der Waals surface area contributed by atoms with E-state index >= 15 is 0 Å². The van der Waals surface area contributed by atoms with E-state index in [1.165, 1.54) is 19.0 Å². The number of primary amides is 1. The fraction of sp³-hybridized carbons (Fsp3) is 0.464. The van der Waals surface area contributed by atoms with Crippen LogP contribution in [0.1, 0.15) is 43.4 Å². The van der Waals surface area contributed by atoms with E-state index in [1.807, 2.05) is 19.9 Å². The maximum Gasteiger partial charge on any atom is 0.255 e. The molecule has 1 aromatic rings. The predicted molar refractivity (Wildman–Crippen MR) is 141 cm³/mol. The first kappa shape index (κ1) is 28.5. The number of phenolic OH excluding ortho intramolecular Hbond substituents is 1. The maximum atomic E-state index is 14.0. The first-order valence-corrected chi connectivity index (χ1v) is 12.7. The van der Waals surface area contributed by atoms with Crippen LogP contribution in [0.25, 0.3) is 5.76 Å². The van der Waals surface area contributed by atoms with Crippen LogP contribution >= 0.6 is 0 Å². The zero-order chi connectivity index (χ0) is 29.1. The number of hydrogen-bond acceptors (Lipinski definition) is 10. The van der Waals surface area contributed by atoms with Gasteiger partial charge in [0.25, 0.3) is 5.91 Å². The summed E-state index contributed by atoms with van der Waals surface area (Å²) in [7, 11) is 2.93. The number of nitrogens with zero attached hydrogens (tertiary/aromatic N) is 1. The Hall–Kier alpha value is -3.51. The molecule has 0 heterocycles. The number of benzene rings is 1. The molecule has 1 saturated carbocycles. The average molecular weight is 542 g/mol. The zero-order valence-electron chi connectivity index (χ0n) is 22.5. The summed E-state index contributed by atoms with van der Waals surface area (Å²) in [4.78, 5) is 40.7. The predicted octanol–water partition coefficient (Wildman–Crippen LogP) is 0.552. The number of aliphatic hydroxyl groups is 4. The molecular weight excluding hydrogens is 506 g/mol. The van der Waals surface area contributed by atoms with E-state index in [4.69, 9.17) is 5.73 Å². The number of nitrogens with two attached hydrogens (primary N) is 1. The summed E-state index contributed by atoms with van der Waals surface area (Å²) in [5.41, 5.74) is 3.04. The number of carbonyl (C=O) groups is 3. The van der Waals surface area contributed by atoms with E-state index in [2.05, 4.69) is 5.32 Å². The molecule has 0 radical (unpaired) electrons. The van der Waals surface area contributed by atoms with Gasteiger partial charge in [-0.2, -0.15) is 0 Å². The van der Waals surface area contributed by atoms with Crippen molar-refractivity contribution in [2.45, 2.75) is 51.0 Å². The van der Waals surface area contributed by atoms with E-state index in [0.29, 0.717) is 17.7 Å². The molecule has 0 bridgehead atoms. The van der Waals surface area contributed by atoms with Crippen LogP contribution in [0.2, 0.25) is 0 Å². The number of Topliss-reactive ketones (excluding diaryl/α,β-unsaturated/α-hetero) is 2. The monoisotopic (exact) mass is 541 g/mol. The van der Waals surface area contributed by atoms with Crippen molar-refractivity contribution < 1.29 is 39.9 Å². The Balaban J connectivity index is 1.92. The van der Waals surface area contributed by atoms with Gasteiger partial charge >= 0.3 is 0 Å². The van der Waals surface area contributed by atoms with Gasteiger partial charge in [0, 0.05) is 30.1 Å². The Morgan fingerprint density at radius 2 is 1.85 bits per heavy atom. The van der Waals surface area contributed by atoms with Gasteiger partial charge in [-0.15, -0.1) is 0 Å². The normalized spacial score (nSPS) is 30.9. The highest BCUT2D eigenvalue weighted by Gasteiger charge is 2.68. The number of phenols is 1. The lowest BCUT2D eigenvalue weighted by molar-refractivity contribution is -0.169. The number of likely N-dealkylation sites (N-methyl/N-ethyl adjacent to an activating group) is 1. The van der Waals surface area contributed by atoms with Crippen molar-refractivity contribution in [2.75, 3.05) is 20.6 Å². The Morgan fingerprint density at radius 3 is 2.41 bits per heavy atom. The summed E-state index contributed by atoms with van der Waals surface area (Å²) >= 11 is 0. The van der Waals surface area contributed by atoms with Crippen molar-refractivity contribution in [3.05, 3.63) is 57.4 Å². The lowest BCUT2D eigenvalue weighted by Gasteiger charge is -2.53. The van der Waals surface area contributed by atoms with Gasteiger partial charge in [0.1, 0.15) is 22.8 Å². The summed E-state index contributed by atoms with van der Waals surface area (Å²) in [6, 6.07) is 2.00. The Labute approximate surface area is 225 Å². The highest BCUT2D eigenvalue weighted by atomic mass is 16.4. The molecule has 3 aliphatic rings. The van der Waals surface area contributed by atoms with E-state index in [9.17, 15) is 39.9 Å². The van der Waals surface area contributed by atoms with Crippen molar-refractivity contribution in [1.82, 2.24) is 10.2 Å². The summed E-state index contributed by atoms with van der Waals surface area (Å²) in [5.74, 6) is -8.95. The number of rotatable bonds is 6. The minimum absolute atomic E-state index is 0.0203. The number of allylic oxidation sites excluding steroid dienone is 1. The molecule has 0 spiro atoms. The standard InChI is InChI=1S/C28H35N3O8/c1-6-11(2)9-30-10-13-7-8-14-12(3)15-17(22(33)16(14)21(13)32)25(36)28(39)19(23(15)34)20(31(4)5)24(35)18(26(28)37)27(29)38/h6-8,12,15,19-20,23,30,32-34,37,39H,9-10H2,1-5H3,(H2,29,38)/b11-6-/t12-,15+,19+,20-,23-,28-/m0/s1. The summed E-state index contributed by atoms with van der Waals surface area (Å²) < 4.78 is 0. The van der Waals surface area contributed by atoms with Crippen molar-refractivity contribution in [2.24, 2.45) is 17.6 Å². The highest BCUT2D eigenvalue weighted by Crippen LogP contribution is 2.56. The molecule has 3 aliphatic carbocycles. The molecule has 11 heteroatoms. The van der Waals surface area contributed by atoms with Gasteiger partial charge in [-0.25, -0.2) is 0 Å². The number of ketones is 2. The quantitative estimate of drug-likeness (QED) is 0.197. The lowest BCUT2D eigenvalue weighted by Crippen LogP contribution is -2.70. The van der Waals surface area contributed by atoms with Crippen LogP contribution in [0, 0.1) is 11.8 Å². The molecule has 4 rings (SSSR count). The smallest absolute Gasteiger partial charge is 0.255 e. The minimum atomic E-state index is -2.93. The van der Waals surface area contributed by atoms with E-state index < -0.39 is 75.6 Å². The van der Waals surface area contributed by atoms with Crippen molar-refractivity contribution in [3.8, 4) is 5.75 Å². The SMILES string of the molecule is C/C=C(/C)CNCc1ccc2c(c1O)C(O)=C1C(=O)[C@]3(O)C(O)=C(C(N)=O)C(=O)[C@@H](N(C)C)[C@@H]3[C@@H](O)[C@@H]1[C@H]2C. The molecule has 0 aliphatic heterocycles. The first-order valence-electron chi connectivity index (χ1n) is 12.7. The maximum absolute atomic E-state index is 14.0. The molecular formula is C28H35N3O8. The third-order valence-electron chi connectivity index (χ3n) is 8.43. The number of carbonyl (C=O) groups excluding carboxylic acids is 3. The van der Waals surface area contributed by atoms with Gasteiger partial charge in [-0.05, 0) is 39.4 Å². The Kier molecular flexibility index (Phi) is 7.24. The number of amides is 1. The average Bonchev–Trinajstić information content (AvgIpc) is 2.86. The molecule has 1 aromatic carbocycles. The highest BCUT2D eigenvalue weighted by molar-refractivity contribution is 6.24. The van der Waals surface area contributed by atoms with Gasteiger partial charge in [0.2, 0.25) is 5.78 Å². The van der Waals surface area contributed by atoms with Crippen LogP contribution in [0.5, 0.6) is 5.75 Å². The summed E-state index contributed by atoms with van der Waals surface area (Å²) in [6.45, 7) is 6.38. The molecule has 6 atom stereocenters. The van der Waals surface area contributed by atoms with Gasteiger partial charge < -0.3 is 36.6 Å². The molecule has 0 saturated heterocycles. The minimum Gasteiger partial charge on any atom is -0.508 e. The molecule has 0 aromatic heterocycles. The van der Waals surface area contributed by atoms with Crippen LogP contribution in [0.4, 0.5) is 0 Å². The number of hydrogen-bond donors (Lipinski definition) is 7. The van der Waals surface area contributed by atoms with Gasteiger partial charge in [0.05, 0.1) is 23.6 Å². The molecule has 0 unspecified atom stereocenters. The lowest BCUT2D eigenvalue weighted by atomic mass is 9.54. The number of aromatic hydroxyl groups is 1. The molecule has 1 fully saturated rings. The fourth-order valence-corrected chi connectivity index (χ4v) is 6.30. The van der Waals surface area contributed by atoms with E-state index in [-0.39, 0.29) is 17.9 Å². The molecule has 39 heavy (non-hydrogen) atoms. The van der Waals surface area contributed by atoms with Gasteiger partial charge in [0.15, 0.2) is 11.4 Å². The first-order chi connectivity index (χ1) is 18.2. The van der Waals surface area contributed by atoms with Crippen LogP contribution in [0.3, 0.4) is 0 Å².